The van der Waals surface area contributed by atoms with E-state index in [0.717, 1.165) is 25.3 Å². The molecule has 0 aromatic carbocycles. The van der Waals surface area contributed by atoms with Crippen LogP contribution in [0.3, 0.4) is 0 Å². The molecule has 2 amide bonds. The highest BCUT2D eigenvalue weighted by Crippen LogP contribution is 2.24. The highest BCUT2D eigenvalue weighted by molar-refractivity contribution is 7.12. The predicted molar refractivity (Wildman–Crippen MR) is 104 cm³/mol. The number of nitrogens with zero attached hydrogens (tertiary/aromatic N) is 3. The molecule has 8 heteroatoms. The molecule has 0 bridgehead atoms. The van der Waals surface area contributed by atoms with Crippen LogP contribution in [0, 0.1) is 0 Å². The third kappa shape index (κ3) is 3.96. The Morgan fingerprint density at radius 1 is 1.19 bits per heavy atom. The molecule has 2 fully saturated rings. The number of anilines is 2. The minimum absolute atomic E-state index is 0.0663. The number of ether oxygens (including phenoxy) is 1. The van der Waals surface area contributed by atoms with Crippen LogP contribution in [0.1, 0.15) is 22.5 Å². The number of thiophene rings is 1. The van der Waals surface area contributed by atoms with Crippen molar-refractivity contribution >= 4 is 34.7 Å². The summed E-state index contributed by atoms with van der Waals surface area (Å²) in [4.78, 5) is 34.3. The molecule has 27 heavy (non-hydrogen) atoms. The maximum Gasteiger partial charge on any atom is 0.264 e. The predicted octanol–water partition coefficient (Wildman–Crippen LogP) is 2.22. The summed E-state index contributed by atoms with van der Waals surface area (Å²) in [7, 11) is 0. The van der Waals surface area contributed by atoms with Crippen molar-refractivity contribution in [2.24, 2.45) is 0 Å². The smallest absolute Gasteiger partial charge is 0.264 e. The van der Waals surface area contributed by atoms with E-state index >= 15 is 0 Å². The Morgan fingerprint density at radius 3 is 2.74 bits per heavy atom. The number of likely N-dealkylation sites (tertiary alicyclic amines) is 1. The molecule has 0 unspecified atom stereocenters. The number of nitrogens with one attached hydrogen (secondary N) is 1. The normalized spacial score (nSPS) is 19.9. The first kappa shape index (κ1) is 17.9. The van der Waals surface area contributed by atoms with Crippen molar-refractivity contribution < 1.29 is 14.3 Å². The van der Waals surface area contributed by atoms with Gasteiger partial charge in [-0.3, -0.25) is 9.59 Å². The first-order valence-electron chi connectivity index (χ1n) is 9.16. The van der Waals surface area contributed by atoms with Crippen LogP contribution in [0.2, 0.25) is 0 Å². The Bertz CT molecular complexity index is 788. The summed E-state index contributed by atoms with van der Waals surface area (Å²) in [6.45, 7) is 3.66. The summed E-state index contributed by atoms with van der Waals surface area (Å²) in [6.07, 6.45) is 3.19. The molecule has 2 saturated heterocycles. The molecule has 0 spiro atoms. The number of amides is 2. The van der Waals surface area contributed by atoms with E-state index in [4.69, 9.17) is 4.74 Å². The number of rotatable bonds is 4. The van der Waals surface area contributed by atoms with Crippen molar-refractivity contribution in [1.82, 2.24) is 9.88 Å². The van der Waals surface area contributed by atoms with Crippen molar-refractivity contribution in [2.75, 3.05) is 43.1 Å². The summed E-state index contributed by atoms with van der Waals surface area (Å²) in [5.41, 5.74) is 0.646. The van der Waals surface area contributed by atoms with Gasteiger partial charge in [-0.05, 0) is 36.4 Å². The van der Waals surface area contributed by atoms with E-state index in [2.05, 4.69) is 15.2 Å². The van der Waals surface area contributed by atoms with Crippen LogP contribution in [0.4, 0.5) is 11.5 Å². The highest BCUT2D eigenvalue weighted by Gasteiger charge is 2.34. The van der Waals surface area contributed by atoms with Gasteiger partial charge in [-0.15, -0.1) is 11.3 Å². The van der Waals surface area contributed by atoms with Crippen LogP contribution in [0.15, 0.2) is 35.8 Å². The van der Waals surface area contributed by atoms with Crippen LogP contribution in [0.25, 0.3) is 0 Å². The first-order valence-corrected chi connectivity index (χ1v) is 10.0. The van der Waals surface area contributed by atoms with Crippen molar-refractivity contribution in [3.63, 3.8) is 0 Å². The number of pyridine rings is 1. The van der Waals surface area contributed by atoms with Crippen molar-refractivity contribution in [2.45, 2.75) is 18.9 Å². The Balaban J connectivity index is 1.40. The Morgan fingerprint density at radius 2 is 2.04 bits per heavy atom. The summed E-state index contributed by atoms with van der Waals surface area (Å²) in [5.74, 6) is 0.661. The number of carbonyl (C=O) groups is 2. The van der Waals surface area contributed by atoms with Crippen molar-refractivity contribution in [1.29, 1.82) is 0 Å². The van der Waals surface area contributed by atoms with Crippen LogP contribution in [-0.2, 0) is 9.53 Å². The van der Waals surface area contributed by atoms with E-state index in [1.54, 1.807) is 17.2 Å². The lowest BCUT2D eigenvalue weighted by molar-refractivity contribution is -0.119. The largest absolute Gasteiger partial charge is 0.378 e. The number of hydrogen-bond acceptors (Lipinski definition) is 6. The monoisotopic (exact) mass is 386 g/mol. The standard InChI is InChI=1S/C19H22N4O3S/c24-18(15-3-1-7-23(15)19(25)16-4-2-12-27-16)21-14-5-6-17(20-13-14)22-8-10-26-11-9-22/h2,4-6,12-13,15H,1,3,7-11H2,(H,21,24)/t15-/m0/s1. The maximum absolute atomic E-state index is 12.7. The van der Waals surface area contributed by atoms with E-state index < -0.39 is 6.04 Å². The van der Waals surface area contributed by atoms with E-state index in [1.165, 1.54) is 11.3 Å². The van der Waals surface area contributed by atoms with Crippen LogP contribution in [-0.4, -0.2) is 60.6 Å². The van der Waals surface area contributed by atoms with Gasteiger partial charge in [0.1, 0.15) is 11.9 Å². The van der Waals surface area contributed by atoms with Gasteiger partial charge >= 0.3 is 0 Å². The average Bonchev–Trinajstić information content (AvgIpc) is 3.41. The molecule has 1 N–H and O–H groups in total. The molecule has 2 aliphatic heterocycles. The van der Waals surface area contributed by atoms with E-state index in [-0.39, 0.29) is 11.8 Å². The molecule has 2 aliphatic rings. The highest BCUT2D eigenvalue weighted by atomic mass is 32.1. The second-order valence-corrected chi connectivity index (χ2v) is 7.58. The molecule has 2 aromatic rings. The Labute approximate surface area is 161 Å². The second-order valence-electron chi connectivity index (χ2n) is 6.63. The molecule has 4 rings (SSSR count). The van der Waals surface area contributed by atoms with Gasteiger partial charge in [0.05, 0.1) is 30.0 Å². The fourth-order valence-corrected chi connectivity index (χ4v) is 4.17. The maximum atomic E-state index is 12.7. The zero-order valence-electron chi connectivity index (χ0n) is 15.0. The molecular weight excluding hydrogens is 364 g/mol. The van der Waals surface area contributed by atoms with Gasteiger partial charge in [-0.2, -0.15) is 0 Å². The molecular formula is C19H22N4O3S. The van der Waals surface area contributed by atoms with Gasteiger partial charge in [-0.1, -0.05) is 6.07 Å². The quantitative estimate of drug-likeness (QED) is 0.872. The van der Waals surface area contributed by atoms with Gasteiger partial charge in [0, 0.05) is 19.6 Å². The fourth-order valence-electron chi connectivity index (χ4n) is 3.49. The SMILES string of the molecule is O=C(Nc1ccc(N2CCOCC2)nc1)[C@@H]1CCCN1C(=O)c1cccs1. The van der Waals surface area contributed by atoms with Gasteiger partial charge < -0.3 is 19.9 Å². The molecule has 142 valence electrons. The minimum Gasteiger partial charge on any atom is -0.378 e. The molecule has 4 heterocycles. The van der Waals surface area contributed by atoms with Gasteiger partial charge in [0.25, 0.3) is 5.91 Å². The zero-order valence-corrected chi connectivity index (χ0v) is 15.8. The van der Waals surface area contributed by atoms with Crippen LogP contribution in [0.5, 0.6) is 0 Å². The number of morpholine rings is 1. The van der Waals surface area contributed by atoms with Gasteiger partial charge in [0.2, 0.25) is 5.91 Å². The van der Waals surface area contributed by atoms with Gasteiger partial charge in [-0.25, -0.2) is 4.98 Å². The lowest BCUT2D eigenvalue weighted by Gasteiger charge is -2.28. The van der Waals surface area contributed by atoms with Crippen LogP contribution >= 0.6 is 11.3 Å². The zero-order chi connectivity index (χ0) is 18.6. The summed E-state index contributed by atoms with van der Waals surface area (Å²) in [5, 5.41) is 4.78. The first-order chi connectivity index (χ1) is 13.2. The minimum atomic E-state index is -0.432. The number of carbonyl (C=O) groups excluding carboxylic acids is 2. The number of aromatic nitrogens is 1. The van der Waals surface area contributed by atoms with E-state index in [0.29, 0.717) is 36.7 Å². The molecule has 0 radical (unpaired) electrons. The molecule has 0 saturated carbocycles. The van der Waals surface area contributed by atoms with Gasteiger partial charge in [0.15, 0.2) is 0 Å². The second kappa shape index (κ2) is 8.06. The molecule has 1 atom stereocenters. The molecule has 2 aromatic heterocycles. The number of hydrogen-bond donors (Lipinski definition) is 1. The average molecular weight is 386 g/mol. The Hall–Kier alpha value is -2.45. The molecule has 7 nitrogen and oxygen atoms in total. The lowest BCUT2D eigenvalue weighted by Crippen LogP contribution is -2.43. The van der Waals surface area contributed by atoms with Crippen LogP contribution < -0.4 is 10.2 Å². The van der Waals surface area contributed by atoms with E-state index in [1.807, 2.05) is 23.6 Å². The van der Waals surface area contributed by atoms with Crippen molar-refractivity contribution in [3.05, 3.63) is 40.7 Å². The topological polar surface area (TPSA) is 74.8 Å². The fraction of sp³-hybridized carbons (Fsp3) is 0.421. The third-order valence-corrected chi connectivity index (χ3v) is 5.76. The summed E-state index contributed by atoms with van der Waals surface area (Å²) >= 11 is 1.40. The molecule has 0 aliphatic carbocycles. The third-order valence-electron chi connectivity index (χ3n) is 4.90. The summed E-state index contributed by atoms with van der Waals surface area (Å²) < 4.78 is 5.35. The lowest BCUT2D eigenvalue weighted by atomic mass is 10.2. The Kier molecular flexibility index (Phi) is 5.35. The van der Waals surface area contributed by atoms with E-state index in [9.17, 15) is 9.59 Å². The summed E-state index contributed by atoms with van der Waals surface area (Å²) in [6, 6.07) is 6.98. The van der Waals surface area contributed by atoms with Crippen molar-refractivity contribution in [3.8, 4) is 0 Å².